The first-order chi connectivity index (χ1) is 12.6. The monoisotopic (exact) mass is 361 g/mol. The molecule has 6 nitrogen and oxygen atoms in total. The van der Waals surface area contributed by atoms with Crippen LogP contribution in [0.2, 0.25) is 5.02 Å². The van der Waals surface area contributed by atoms with Crippen molar-refractivity contribution in [3.63, 3.8) is 0 Å². The molecule has 0 aliphatic heterocycles. The topological polar surface area (TPSA) is 104 Å². The van der Waals surface area contributed by atoms with Gasteiger partial charge in [-0.1, -0.05) is 29.8 Å². The minimum absolute atomic E-state index is 0.125. The number of aromatic amines is 1. The van der Waals surface area contributed by atoms with Crippen molar-refractivity contribution in [2.75, 3.05) is 10.6 Å². The Morgan fingerprint density at radius 2 is 1.46 bits per heavy atom. The van der Waals surface area contributed by atoms with Crippen LogP contribution in [0.3, 0.4) is 0 Å². The number of anilines is 4. The summed E-state index contributed by atoms with van der Waals surface area (Å²) in [4.78, 5) is 14.9. The lowest BCUT2D eigenvalue weighted by atomic mass is 10.1. The normalized spacial score (nSPS) is 9.81. The molecule has 0 bridgehead atoms. The van der Waals surface area contributed by atoms with Gasteiger partial charge in [-0.3, -0.25) is 4.79 Å². The lowest BCUT2D eigenvalue weighted by Gasteiger charge is -2.14. The highest BCUT2D eigenvalue weighted by molar-refractivity contribution is 6.30. The van der Waals surface area contributed by atoms with Gasteiger partial charge in [0.1, 0.15) is 29.1 Å². The molecule has 0 aliphatic carbocycles. The molecule has 0 spiro atoms. The molecule has 3 rings (SSSR count). The van der Waals surface area contributed by atoms with Gasteiger partial charge in [-0.25, -0.2) is 0 Å². The van der Waals surface area contributed by atoms with Crippen LogP contribution < -0.4 is 16.2 Å². The van der Waals surface area contributed by atoms with Gasteiger partial charge in [0.15, 0.2) is 0 Å². The highest BCUT2D eigenvalue weighted by atomic mass is 35.5. The number of nitriles is 2. The van der Waals surface area contributed by atoms with Crippen LogP contribution in [0.1, 0.15) is 11.1 Å². The number of para-hydroxylation sites is 1. The number of rotatable bonds is 4. The van der Waals surface area contributed by atoms with Crippen molar-refractivity contribution in [3.05, 3.63) is 81.1 Å². The fourth-order valence-electron chi connectivity index (χ4n) is 2.38. The molecule has 7 heteroatoms. The zero-order valence-corrected chi connectivity index (χ0v) is 14.1. The molecule has 0 amide bonds. The van der Waals surface area contributed by atoms with Crippen LogP contribution in [0.25, 0.3) is 0 Å². The van der Waals surface area contributed by atoms with Crippen molar-refractivity contribution in [2.24, 2.45) is 0 Å². The second-order valence-electron chi connectivity index (χ2n) is 5.30. The molecule has 3 aromatic rings. The summed E-state index contributed by atoms with van der Waals surface area (Å²) in [6.45, 7) is 0. The molecule has 0 saturated carbocycles. The van der Waals surface area contributed by atoms with Crippen molar-refractivity contribution in [1.29, 1.82) is 10.5 Å². The number of H-pyrrole nitrogens is 1. The van der Waals surface area contributed by atoms with E-state index >= 15 is 0 Å². The van der Waals surface area contributed by atoms with Gasteiger partial charge in [0.25, 0.3) is 5.56 Å². The van der Waals surface area contributed by atoms with E-state index in [0.29, 0.717) is 16.4 Å². The Hall–Kier alpha value is -3.74. The van der Waals surface area contributed by atoms with Crippen LogP contribution in [0.5, 0.6) is 0 Å². The predicted molar refractivity (Wildman–Crippen MR) is 101 cm³/mol. The van der Waals surface area contributed by atoms with E-state index in [4.69, 9.17) is 11.6 Å². The lowest BCUT2D eigenvalue weighted by Crippen LogP contribution is -2.17. The molecule has 2 aromatic carbocycles. The molecule has 0 fully saturated rings. The maximum atomic E-state index is 12.3. The standard InChI is InChI=1S/C19H12ClN5O/c20-12-6-8-14(9-7-12)24-18-15(10-21)17(16(11-22)19(26)25-18)23-13-4-2-1-3-5-13/h1-9H,(H3,23,24,25,26). The highest BCUT2D eigenvalue weighted by Gasteiger charge is 2.18. The molecular formula is C19H12ClN5O. The van der Waals surface area contributed by atoms with Gasteiger partial charge in [0, 0.05) is 16.4 Å². The maximum Gasteiger partial charge on any atom is 0.269 e. The molecule has 0 unspecified atom stereocenters. The number of benzene rings is 2. The number of nitrogens with one attached hydrogen (secondary N) is 3. The largest absolute Gasteiger partial charge is 0.353 e. The SMILES string of the molecule is N#Cc1c(Nc2ccc(Cl)cc2)[nH]c(=O)c(C#N)c1Nc1ccccc1. The number of hydrogen-bond acceptors (Lipinski definition) is 5. The number of nitrogens with zero attached hydrogens (tertiary/aromatic N) is 2. The summed E-state index contributed by atoms with van der Waals surface area (Å²) in [5, 5.41) is 25.5. The Morgan fingerprint density at radius 3 is 2.08 bits per heavy atom. The molecule has 0 atom stereocenters. The molecule has 1 aromatic heterocycles. The van der Waals surface area contributed by atoms with Crippen LogP contribution in [0.4, 0.5) is 22.9 Å². The maximum absolute atomic E-state index is 12.3. The van der Waals surface area contributed by atoms with Gasteiger partial charge in [-0.2, -0.15) is 10.5 Å². The third-order valence-electron chi connectivity index (χ3n) is 3.60. The third kappa shape index (κ3) is 3.51. The molecule has 0 radical (unpaired) electrons. The fourth-order valence-corrected chi connectivity index (χ4v) is 2.51. The lowest BCUT2D eigenvalue weighted by molar-refractivity contribution is 1.19. The Balaban J connectivity index is 2.11. The van der Waals surface area contributed by atoms with Gasteiger partial charge in [0.2, 0.25) is 0 Å². The van der Waals surface area contributed by atoms with Crippen molar-refractivity contribution in [1.82, 2.24) is 4.98 Å². The van der Waals surface area contributed by atoms with Gasteiger partial charge in [0.05, 0.1) is 5.69 Å². The molecular weight excluding hydrogens is 350 g/mol. The molecule has 3 N–H and O–H groups in total. The zero-order valence-electron chi connectivity index (χ0n) is 13.4. The zero-order chi connectivity index (χ0) is 18.5. The fraction of sp³-hybridized carbons (Fsp3) is 0. The Bertz CT molecular complexity index is 1080. The average Bonchev–Trinajstić information content (AvgIpc) is 2.65. The van der Waals surface area contributed by atoms with Crippen LogP contribution >= 0.6 is 11.6 Å². The Labute approximate surface area is 154 Å². The first-order valence-corrected chi connectivity index (χ1v) is 7.95. The molecule has 0 saturated heterocycles. The van der Waals surface area contributed by atoms with E-state index in [2.05, 4.69) is 15.6 Å². The first-order valence-electron chi connectivity index (χ1n) is 7.57. The van der Waals surface area contributed by atoms with E-state index < -0.39 is 5.56 Å². The van der Waals surface area contributed by atoms with E-state index in [-0.39, 0.29) is 22.6 Å². The molecule has 0 aliphatic rings. The summed E-state index contributed by atoms with van der Waals surface area (Å²) in [5.74, 6) is 0.192. The van der Waals surface area contributed by atoms with E-state index in [1.165, 1.54) is 0 Å². The summed E-state index contributed by atoms with van der Waals surface area (Å²) in [7, 11) is 0. The summed E-state index contributed by atoms with van der Waals surface area (Å²) in [5.41, 5.74) is 0.815. The van der Waals surface area contributed by atoms with Crippen LogP contribution in [-0.2, 0) is 0 Å². The van der Waals surface area contributed by atoms with Crippen LogP contribution in [-0.4, -0.2) is 4.98 Å². The second-order valence-corrected chi connectivity index (χ2v) is 5.74. The number of halogens is 1. The number of aromatic nitrogens is 1. The third-order valence-corrected chi connectivity index (χ3v) is 3.85. The minimum Gasteiger partial charge on any atom is -0.353 e. The quantitative estimate of drug-likeness (QED) is 0.644. The second kappa shape index (κ2) is 7.43. The van der Waals surface area contributed by atoms with E-state index in [1.54, 1.807) is 48.5 Å². The van der Waals surface area contributed by atoms with Gasteiger partial charge >= 0.3 is 0 Å². The van der Waals surface area contributed by atoms with Gasteiger partial charge in [-0.05, 0) is 36.4 Å². The van der Waals surface area contributed by atoms with Crippen molar-refractivity contribution in [3.8, 4) is 12.1 Å². The average molecular weight is 362 g/mol. The van der Waals surface area contributed by atoms with E-state index in [0.717, 1.165) is 0 Å². The molecule has 126 valence electrons. The predicted octanol–water partition coefficient (Wildman–Crippen LogP) is 4.26. The van der Waals surface area contributed by atoms with Crippen molar-refractivity contribution < 1.29 is 0 Å². The van der Waals surface area contributed by atoms with Crippen molar-refractivity contribution >= 4 is 34.5 Å². The van der Waals surface area contributed by atoms with Crippen LogP contribution in [0.15, 0.2) is 59.4 Å². The summed E-state index contributed by atoms with van der Waals surface area (Å²) in [6.07, 6.45) is 0. The molecule has 1 heterocycles. The number of hydrogen-bond donors (Lipinski definition) is 3. The number of pyridine rings is 1. The Morgan fingerprint density at radius 1 is 0.846 bits per heavy atom. The van der Waals surface area contributed by atoms with E-state index in [1.807, 2.05) is 18.2 Å². The van der Waals surface area contributed by atoms with Crippen molar-refractivity contribution in [2.45, 2.75) is 0 Å². The van der Waals surface area contributed by atoms with Gasteiger partial charge in [-0.15, -0.1) is 0 Å². The minimum atomic E-state index is -0.596. The highest BCUT2D eigenvalue weighted by Crippen LogP contribution is 2.28. The van der Waals surface area contributed by atoms with Gasteiger partial charge < -0.3 is 15.6 Å². The summed E-state index contributed by atoms with van der Waals surface area (Å²) in [6, 6.07) is 19.7. The summed E-state index contributed by atoms with van der Waals surface area (Å²) >= 11 is 5.87. The first kappa shape index (κ1) is 17.1. The van der Waals surface area contributed by atoms with E-state index in [9.17, 15) is 15.3 Å². The smallest absolute Gasteiger partial charge is 0.269 e. The Kier molecular flexibility index (Phi) is 4.89. The van der Waals surface area contributed by atoms with Crippen LogP contribution in [0, 0.1) is 22.7 Å². The summed E-state index contributed by atoms with van der Waals surface area (Å²) < 4.78 is 0. The molecule has 26 heavy (non-hydrogen) atoms.